The average Bonchev–Trinajstić information content (AvgIpc) is 2.66. The molecular formula is C20H21NO5. The van der Waals surface area contributed by atoms with Gasteiger partial charge in [0, 0.05) is 11.8 Å². The third-order valence-electron chi connectivity index (χ3n) is 3.58. The van der Waals surface area contributed by atoms with E-state index in [1.807, 2.05) is 25.1 Å². The second-order valence-corrected chi connectivity index (χ2v) is 5.42. The fourth-order valence-electron chi connectivity index (χ4n) is 2.20. The van der Waals surface area contributed by atoms with Crippen molar-refractivity contribution in [1.82, 2.24) is 0 Å². The Morgan fingerprint density at radius 2 is 1.77 bits per heavy atom. The molecule has 136 valence electrons. The third-order valence-corrected chi connectivity index (χ3v) is 3.58. The van der Waals surface area contributed by atoms with Crippen LogP contribution in [0, 0.1) is 6.92 Å². The third kappa shape index (κ3) is 5.37. The number of carbonyl (C=O) groups is 2. The van der Waals surface area contributed by atoms with Crippen LogP contribution in [0.2, 0.25) is 0 Å². The highest BCUT2D eigenvalue weighted by molar-refractivity contribution is 5.95. The van der Waals surface area contributed by atoms with Gasteiger partial charge in [0.2, 0.25) is 0 Å². The Morgan fingerprint density at radius 3 is 2.46 bits per heavy atom. The van der Waals surface area contributed by atoms with Gasteiger partial charge in [0.05, 0.1) is 14.2 Å². The van der Waals surface area contributed by atoms with Gasteiger partial charge < -0.3 is 19.5 Å². The molecule has 26 heavy (non-hydrogen) atoms. The fraction of sp³-hybridized carbons (Fsp3) is 0.200. The quantitative estimate of drug-likeness (QED) is 0.610. The van der Waals surface area contributed by atoms with Crippen LogP contribution in [-0.2, 0) is 14.3 Å². The maximum Gasteiger partial charge on any atom is 0.331 e. The first kappa shape index (κ1) is 19.1. The van der Waals surface area contributed by atoms with Crippen molar-refractivity contribution in [2.45, 2.75) is 6.92 Å². The summed E-state index contributed by atoms with van der Waals surface area (Å²) < 4.78 is 15.3. The molecule has 2 aromatic carbocycles. The summed E-state index contributed by atoms with van der Waals surface area (Å²) in [6, 6.07) is 12.6. The van der Waals surface area contributed by atoms with E-state index in [9.17, 15) is 9.59 Å². The highest BCUT2D eigenvalue weighted by Crippen LogP contribution is 2.27. The molecule has 0 aliphatic carbocycles. The topological polar surface area (TPSA) is 73.9 Å². The van der Waals surface area contributed by atoms with Gasteiger partial charge in [0.1, 0.15) is 0 Å². The van der Waals surface area contributed by atoms with Gasteiger partial charge in [0.15, 0.2) is 18.1 Å². The highest BCUT2D eigenvalue weighted by atomic mass is 16.5. The van der Waals surface area contributed by atoms with E-state index in [4.69, 9.17) is 14.2 Å². The Labute approximate surface area is 152 Å². The number of amides is 1. The molecule has 0 radical (unpaired) electrons. The van der Waals surface area contributed by atoms with E-state index in [1.54, 1.807) is 37.5 Å². The summed E-state index contributed by atoms with van der Waals surface area (Å²) >= 11 is 0. The van der Waals surface area contributed by atoms with Crippen LogP contribution < -0.4 is 14.8 Å². The van der Waals surface area contributed by atoms with Crippen molar-refractivity contribution in [2.24, 2.45) is 0 Å². The van der Waals surface area contributed by atoms with Gasteiger partial charge in [-0.3, -0.25) is 4.79 Å². The lowest BCUT2D eigenvalue weighted by Crippen LogP contribution is -2.20. The largest absolute Gasteiger partial charge is 0.493 e. The normalized spacial score (nSPS) is 10.4. The number of ether oxygens (including phenoxy) is 3. The molecule has 2 aromatic rings. The van der Waals surface area contributed by atoms with E-state index in [2.05, 4.69) is 5.32 Å². The predicted octanol–water partition coefficient (Wildman–Crippen LogP) is 3.21. The van der Waals surface area contributed by atoms with Crippen molar-refractivity contribution in [2.75, 3.05) is 26.1 Å². The number of anilines is 1. The van der Waals surface area contributed by atoms with Crippen molar-refractivity contribution in [3.8, 4) is 11.5 Å². The van der Waals surface area contributed by atoms with Gasteiger partial charge in [-0.25, -0.2) is 4.79 Å². The molecule has 1 amide bonds. The predicted molar refractivity (Wildman–Crippen MR) is 99.3 cm³/mol. The number of hydrogen-bond donors (Lipinski definition) is 1. The number of aryl methyl sites for hydroxylation is 1. The van der Waals surface area contributed by atoms with Crippen LogP contribution in [-0.4, -0.2) is 32.7 Å². The number of rotatable bonds is 7. The molecule has 0 aromatic heterocycles. The van der Waals surface area contributed by atoms with Crippen molar-refractivity contribution >= 4 is 23.6 Å². The van der Waals surface area contributed by atoms with Crippen LogP contribution >= 0.6 is 0 Å². The number of benzene rings is 2. The minimum Gasteiger partial charge on any atom is -0.493 e. The van der Waals surface area contributed by atoms with Gasteiger partial charge in [-0.1, -0.05) is 24.3 Å². The van der Waals surface area contributed by atoms with E-state index in [1.165, 1.54) is 13.2 Å². The monoisotopic (exact) mass is 355 g/mol. The Morgan fingerprint density at radius 1 is 1.04 bits per heavy atom. The number of hydrogen-bond acceptors (Lipinski definition) is 5. The summed E-state index contributed by atoms with van der Waals surface area (Å²) in [5, 5.41) is 2.70. The molecule has 6 nitrogen and oxygen atoms in total. The zero-order valence-electron chi connectivity index (χ0n) is 14.9. The minimum atomic E-state index is -0.611. The van der Waals surface area contributed by atoms with Gasteiger partial charge >= 0.3 is 5.97 Å². The second-order valence-electron chi connectivity index (χ2n) is 5.42. The SMILES string of the molecule is COc1ccc(/C=C/C(=O)OCC(=O)Nc2ccccc2C)cc1OC. The smallest absolute Gasteiger partial charge is 0.331 e. The lowest BCUT2D eigenvalue weighted by molar-refractivity contribution is -0.142. The average molecular weight is 355 g/mol. The lowest BCUT2D eigenvalue weighted by Gasteiger charge is -2.08. The van der Waals surface area contributed by atoms with E-state index < -0.39 is 11.9 Å². The van der Waals surface area contributed by atoms with Crippen LogP contribution in [0.15, 0.2) is 48.5 Å². The summed E-state index contributed by atoms with van der Waals surface area (Å²) in [6.45, 7) is 1.52. The van der Waals surface area contributed by atoms with E-state index in [-0.39, 0.29) is 6.61 Å². The van der Waals surface area contributed by atoms with Crippen LogP contribution in [0.25, 0.3) is 6.08 Å². The Hall–Kier alpha value is -3.28. The molecule has 0 fully saturated rings. The van der Waals surface area contributed by atoms with Crippen LogP contribution in [0.1, 0.15) is 11.1 Å². The van der Waals surface area contributed by atoms with Crippen molar-refractivity contribution in [1.29, 1.82) is 0 Å². The van der Waals surface area contributed by atoms with Crippen molar-refractivity contribution < 1.29 is 23.8 Å². The molecule has 2 rings (SSSR count). The van der Waals surface area contributed by atoms with Gasteiger partial charge in [-0.2, -0.15) is 0 Å². The first-order valence-corrected chi connectivity index (χ1v) is 7.96. The number of esters is 1. The fourth-order valence-corrected chi connectivity index (χ4v) is 2.20. The number of carbonyl (C=O) groups excluding carboxylic acids is 2. The summed E-state index contributed by atoms with van der Waals surface area (Å²) in [6.07, 6.45) is 2.83. The lowest BCUT2D eigenvalue weighted by atomic mass is 10.2. The molecule has 0 unspecified atom stereocenters. The molecule has 1 N–H and O–H groups in total. The van der Waals surface area contributed by atoms with E-state index in [0.717, 1.165) is 11.1 Å². The zero-order valence-corrected chi connectivity index (χ0v) is 14.9. The summed E-state index contributed by atoms with van der Waals surface area (Å²) in [5.41, 5.74) is 2.36. The van der Waals surface area contributed by atoms with Crippen molar-refractivity contribution in [3.63, 3.8) is 0 Å². The van der Waals surface area contributed by atoms with Gasteiger partial charge in [-0.05, 0) is 42.3 Å². The molecular weight excluding hydrogens is 334 g/mol. The summed E-state index contributed by atoms with van der Waals surface area (Å²) in [5.74, 6) is 0.146. The van der Waals surface area contributed by atoms with Gasteiger partial charge in [0.25, 0.3) is 5.91 Å². The number of nitrogens with one attached hydrogen (secondary N) is 1. The first-order valence-electron chi connectivity index (χ1n) is 7.96. The molecule has 0 aliphatic rings. The summed E-state index contributed by atoms with van der Waals surface area (Å²) in [4.78, 5) is 23.6. The number of methoxy groups -OCH3 is 2. The first-order chi connectivity index (χ1) is 12.5. The van der Waals surface area contributed by atoms with Crippen LogP contribution in [0.4, 0.5) is 5.69 Å². The molecule has 6 heteroatoms. The molecule has 0 saturated carbocycles. The van der Waals surface area contributed by atoms with Crippen molar-refractivity contribution in [3.05, 3.63) is 59.7 Å². The Kier molecular flexibility index (Phi) is 6.79. The van der Waals surface area contributed by atoms with E-state index >= 15 is 0 Å². The minimum absolute atomic E-state index is 0.358. The molecule has 0 bridgehead atoms. The molecule has 0 saturated heterocycles. The molecule has 0 aliphatic heterocycles. The van der Waals surface area contributed by atoms with Crippen LogP contribution in [0.3, 0.4) is 0 Å². The Bertz CT molecular complexity index is 814. The maximum absolute atomic E-state index is 11.9. The molecule has 0 heterocycles. The van der Waals surface area contributed by atoms with Gasteiger partial charge in [-0.15, -0.1) is 0 Å². The second kappa shape index (κ2) is 9.27. The maximum atomic E-state index is 11.9. The standard InChI is InChI=1S/C20H21NO5/c1-14-6-4-5-7-16(14)21-19(22)13-26-20(23)11-9-15-8-10-17(24-2)18(12-15)25-3/h4-12H,13H2,1-3H3,(H,21,22)/b11-9+. The number of para-hydroxylation sites is 1. The summed E-state index contributed by atoms with van der Waals surface area (Å²) in [7, 11) is 3.08. The Balaban J connectivity index is 1.87. The van der Waals surface area contributed by atoms with E-state index in [0.29, 0.717) is 17.2 Å². The van der Waals surface area contributed by atoms with Crippen LogP contribution in [0.5, 0.6) is 11.5 Å². The zero-order chi connectivity index (χ0) is 18.9. The highest BCUT2D eigenvalue weighted by Gasteiger charge is 2.07. The molecule has 0 atom stereocenters. The molecule has 0 spiro atoms.